The Kier molecular flexibility index (Phi) is 4.23. The van der Waals surface area contributed by atoms with Crippen LogP contribution in [0.3, 0.4) is 0 Å². The summed E-state index contributed by atoms with van der Waals surface area (Å²) in [6, 6.07) is 4.94. The van der Waals surface area contributed by atoms with Gasteiger partial charge in [0.15, 0.2) is 5.78 Å². The molecule has 0 spiro atoms. The lowest BCUT2D eigenvalue weighted by molar-refractivity contribution is -0.0521. The van der Waals surface area contributed by atoms with Crippen molar-refractivity contribution in [3.63, 3.8) is 0 Å². The van der Waals surface area contributed by atoms with Crippen molar-refractivity contribution in [2.75, 3.05) is 5.73 Å². The summed E-state index contributed by atoms with van der Waals surface area (Å²) in [5.74, 6) is -2.93. The SMILES string of the molecule is Nc1ccc(C(=O)CC2CCCC(F)(F)C2)c(Br)c1. The highest BCUT2D eigenvalue weighted by Gasteiger charge is 2.36. The highest BCUT2D eigenvalue weighted by molar-refractivity contribution is 9.10. The van der Waals surface area contributed by atoms with Gasteiger partial charge >= 0.3 is 0 Å². The molecule has 0 aromatic heterocycles. The monoisotopic (exact) mass is 331 g/mol. The number of carbonyl (C=O) groups excluding carboxylic acids is 1. The molecule has 0 aliphatic heterocycles. The van der Waals surface area contributed by atoms with Crippen LogP contribution in [0, 0.1) is 5.92 Å². The molecule has 1 aliphatic carbocycles. The van der Waals surface area contributed by atoms with Gasteiger partial charge in [0, 0.05) is 35.0 Å². The Bertz CT molecular complexity index is 490. The number of carbonyl (C=O) groups is 1. The van der Waals surface area contributed by atoms with E-state index in [9.17, 15) is 13.6 Å². The van der Waals surface area contributed by atoms with E-state index in [0.717, 1.165) is 0 Å². The normalized spacial score (nSPS) is 22.2. The third kappa shape index (κ3) is 3.75. The topological polar surface area (TPSA) is 43.1 Å². The summed E-state index contributed by atoms with van der Waals surface area (Å²) < 4.78 is 27.2. The predicted octanol–water partition coefficient (Wildman–Crippen LogP) is 4.43. The van der Waals surface area contributed by atoms with E-state index in [4.69, 9.17) is 5.73 Å². The molecule has 5 heteroatoms. The number of Topliss-reactive ketones (excluding diaryl/α,β-unsaturated/α-hetero) is 1. The van der Waals surface area contributed by atoms with E-state index in [1.165, 1.54) is 0 Å². The minimum absolute atomic E-state index is 0.0523. The first-order valence-corrected chi connectivity index (χ1v) is 7.13. The van der Waals surface area contributed by atoms with E-state index < -0.39 is 5.92 Å². The first kappa shape index (κ1) is 14.4. The number of hydrogen-bond acceptors (Lipinski definition) is 2. The van der Waals surface area contributed by atoms with Crippen molar-refractivity contribution in [3.05, 3.63) is 28.2 Å². The summed E-state index contributed by atoms with van der Waals surface area (Å²) >= 11 is 3.29. The van der Waals surface area contributed by atoms with Crippen LogP contribution < -0.4 is 5.73 Å². The van der Waals surface area contributed by atoms with Crippen molar-refractivity contribution in [2.24, 2.45) is 5.92 Å². The number of halogens is 3. The van der Waals surface area contributed by atoms with Crippen LogP contribution in [0.2, 0.25) is 0 Å². The van der Waals surface area contributed by atoms with Crippen molar-refractivity contribution < 1.29 is 13.6 Å². The molecule has 0 bridgehead atoms. The fraction of sp³-hybridized carbons (Fsp3) is 0.500. The van der Waals surface area contributed by atoms with Crippen molar-refractivity contribution >= 4 is 27.4 Å². The fourth-order valence-corrected chi connectivity index (χ4v) is 3.20. The van der Waals surface area contributed by atoms with Gasteiger partial charge in [0.2, 0.25) is 5.92 Å². The van der Waals surface area contributed by atoms with E-state index in [1.54, 1.807) is 18.2 Å². The van der Waals surface area contributed by atoms with Gasteiger partial charge in [0.1, 0.15) is 0 Å². The van der Waals surface area contributed by atoms with Crippen LogP contribution in [0.1, 0.15) is 42.5 Å². The Balaban J connectivity index is 2.04. The van der Waals surface area contributed by atoms with Crippen molar-refractivity contribution in [3.8, 4) is 0 Å². The Hall–Kier alpha value is -0.970. The Morgan fingerprint density at radius 3 is 2.84 bits per heavy atom. The third-order valence-electron chi connectivity index (χ3n) is 3.51. The second-order valence-electron chi connectivity index (χ2n) is 5.18. The summed E-state index contributed by atoms with van der Waals surface area (Å²) in [5, 5.41) is 0. The minimum Gasteiger partial charge on any atom is -0.399 e. The van der Waals surface area contributed by atoms with E-state index >= 15 is 0 Å². The Labute approximate surface area is 119 Å². The molecule has 1 unspecified atom stereocenters. The Morgan fingerprint density at radius 2 is 2.21 bits per heavy atom. The molecular weight excluding hydrogens is 316 g/mol. The number of nitrogen functional groups attached to an aromatic ring is 1. The molecule has 1 aliphatic rings. The molecule has 2 nitrogen and oxygen atoms in total. The summed E-state index contributed by atoms with van der Waals surface area (Å²) in [7, 11) is 0. The van der Waals surface area contributed by atoms with Gasteiger partial charge in [-0.3, -0.25) is 4.79 Å². The molecule has 0 saturated heterocycles. The minimum atomic E-state index is -2.61. The lowest BCUT2D eigenvalue weighted by Crippen LogP contribution is -2.27. The quantitative estimate of drug-likeness (QED) is 0.657. The molecule has 1 saturated carbocycles. The Morgan fingerprint density at radius 1 is 1.47 bits per heavy atom. The average molecular weight is 332 g/mol. The number of nitrogens with two attached hydrogens (primary N) is 1. The number of benzene rings is 1. The number of hydrogen-bond donors (Lipinski definition) is 1. The number of rotatable bonds is 3. The second-order valence-corrected chi connectivity index (χ2v) is 6.04. The van der Waals surface area contributed by atoms with Gasteiger partial charge < -0.3 is 5.73 Å². The molecule has 0 amide bonds. The maximum Gasteiger partial charge on any atom is 0.248 e. The summed E-state index contributed by atoms with van der Waals surface area (Å²) in [6.45, 7) is 0. The summed E-state index contributed by atoms with van der Waals surface area (Å²) in [6.07, 6.45) is 1.15. The van der Waals surface area contributed by atoms with E-state index in [0.29, 0.717) is 28.6 Å². The number of ketones is 1. The van der Waals surface area contributed by atoms with Crippen LogP contribution in [0.4, 0.5) is 14.5 Å². The molecule has 1 atom stereocenters. The number of alkyl halides is 2. The molecule has 2 N–H and O–H groups in total. The van der Waals surface area contributed by atoms with Gasteiger partial charge in [-0.2, -0.15) is 0 Å². The third-order valence-corrected chi connectivity index (χ3v) is 4.17. The first-order chi connectivity index (χ1) is 8.87. The average Bonchev–Trinajstić information content (AvgIpc) is 2.27. The van der Waals surface area contributed by atoms with Crippen LogP contribution >= 0.6 is 15.9 Å². The van der Waals surface area contributed by atoms with E-state index in [1.807, 2.05) is 0 Å². The lowest BCUT2D eigenvalue weighted by Gasteiger charge is -2.28. The smallest absolute Gasteiger partial charge is 0.248 e. The predicted molar refractivity (Wildman–Crippen MR) is 74.4 cm³/mol. The largest absolute Gasteiger partial charge is 0.399 e. The van der Waals surface area contributed by atoms with E-state index in [-0.39, 0.29) is 31.0 Å². The highest BCUT2D eigenvalue weighted by atomic mass is 79.9. The van der Waals surface area contributed by atoms with Crippen LogP contribution in [-0.4, -0.2) is 11.7 Å². The van der Waals surface area contributed by atoms with Gasteiger partial charge in [0.25, 0.3) is 0 Å². The van der Waals surface area contributed by atoms with Gasteiger partial charge in [-0.05, 0) is 52.9 Å². The van der Waals surface area contributed by atoms with Gasteiger partial charge in [-0.15, -0.1) is 0 Å². The highest BCUT2D eigenvalue weighted by Crippen LogP contribution is 2.38. The zero-order valence-corrected chi connectivity index (χ0v) is 12.1. The molecule has 104 valence electrons. The lowest BCUT2D eigenvalue weighted by atomic mass is 9.82. The van der Waals surface area contributed by atoms with Crippen LogP contribution in [-0.2, 0) is 0 Å². The van der Waals surface area contributed by atoms with Crippen LogP contribution in [0.25, 0.3) is 0 Å². The zero-order valence-electron chi connectivity index (χ0n) is 10.5. The summed E-state index contributed by atoms with van der Waals surface area (Å²) in [5.41, 5.74) is 6.69. The molecule has 1 aromatic carbocycles. The molecule has 0 heterocycles. The fourth-order valence-electron chi connectivity index (χ4n) is 2.58. The first-order valence-electron chi connectivity index (χ1n) is 6.33. The van der Waals surface area contributed by atoms with Gasteiger partial charge in [-0.25, -0.2) is 8.78 Å². The van der Waals surface area contributed by atoms with Crippen LogP contribution in [0.15, 0.2) is 22.7 Å². The maximum atomic E-state index is 13.3. The van der Waals surface area contributed by atoms with Crippen molar-refractivity contribution in [2.45, 2.75) is 38.0 Å². The molecule has 19 heavy (non-hydrogen) atoms. The van der Waals surface area contributed by atoms with Crippen molar-refractivity contribution in [1.82, 2.24) is 0 Å². The zero-order chi connectivity index (χ0) is 14.0. The maximum absolute atomic E-state index is 13.3. The molecular formula is C14H16BrF2NO. The van der Waals surface area contributed by atoms with E-state index in [2.05, 4.69) is 15.9 Å². The molecule has 1 aromatic rings. The van der Waals surface area contributed by atoms with Gasteiger partial charge in [0.05, 0.1) is 0 Å². The second kappa shape index (κ2) is 5.57. The molecule has 1 fully saturated rings. The standard InChI is InChI=1S/C14H16BrF2NO/c15-12-7-10(18)3-4-11(12)13(19)6-9-2-1-5-14(16,17)8-9/h3-4,7,9H,1-2,5-6,8,18H2. The van der Waals surface area contributed by atoms with Crippen LogP contribution in [0.5, 0.6) is 0 Å². The summed E-state index contributed by atoms with van der Waals surface area (Å²) in [4.78, 5) is 12.1. The molecule has 2 rings (SSSR count). The van der Waals surface area contributed by atoms with Crippen molar-refractivity contribution in [1.29, 1.82) is 0 Å². The van der Waals surface area contributed by atoms with Gasteiger partial charge in [-0.1, -0.05) is 0 Å². The molecule has 0 radical (unpaired) electrons. The number of anilines is 1.